The summed E-state index contributed by atoms with van der Waals surface area (Å²) in [4.78, 5) is 28.8. The fraction of sp³-hybridized carbons (Fsp3) is 0.261. The average Bonchev–Trinajstić information content (AvgIpc) is 3.12. The molecule has 1 saturated heterocycles. The monoisotopic (exact) mass is 487 g/mol. The highest BCUT2D eigenvalue weighted by atomic mass is 35.5. The van der Waals surface area contributed by atoms with Crippen molar-refractivity contribution in [2.75, 3.05) is 34.3 Å². The van der Waals surface area contributed by atoms with Gasteiger partial charge in [-0.05, 0) is 38.4 Å². The van der Waals surface area contributed by atoms with Gasteiger partial charge in [0.05, 0.1) is 30.9 Å². The van der Waals surface area contributed by atoms with Crippen molar-refractivity contribution >= 4 is 35.0 Å². The van der Waals surface area contributed by atoms with Gasteiger partial charge >= 0.3 is 0 Å². The zero-order valence-corrected chi connectivity index (χ0v) is 19.9. The second-order valence-electron chi connectivity index (χ2n) is 8.05. The molecular formula is C23H23Cl2N5O3. The van der Waals surface area contributed by atoms with Crippen LogP contribution in [0, 0.1) is 0 Å². The average molecular weight is 488 g/mol. The molecule has 0 atom stereocenters. The van der Waals surface area contributed by atoms with E-state index in [2.05, 4.69) is 5.10 Å². The normalized spacial score (nSPS) is 14.8. The highest BCUT2D eigenvalue weighted by Crippen LogP contribution is 2.39. The number of benzene rings is 2. The van der Waals surface area contributed by atoms with Crippen molar-refractivity contribution in [3.05, 3.63) is 64.3 Å². The molecule has 33 heavy (non-hydrogen) atoms. The molecule has 172 valence electrons. The standard InChI is InChI=1S/C23H23Cl2N5O3/c1-28(2)23(22(26)32)12-29(13-23)21(31)18-20(33-3)19(14-8-10-15(24)11-9-14)30(27-18)17-7-5-4-6-16(17)25/h4-11H,12-13H2,1-3H3,(H2,26,32). The molecule has 3 aromatic rings. The molecule has 1 fully saturated rings. The summed E-state index contributed by atoms with van der Waals surface area (Å²) >= 11 is 12.5. The maximum atomic E-state index is 13.5. The molecule has 0 aliphatic carbocycles. The third kappa shape index (κ3) is 3.84. The van der Waals surface area contributed by atoms with Crippen molar-refractivity contribution in [1.29, 1.82) is 0 Å². The number of nitrogens with two attached hydrogens (primary N) is 1. The Bertz CT molecular complexity index is 1220. The lowest BCUT2D eigenvalue weighted by molar-refractivity contribution is -0.137. The second kappa shape index (κ2) is 8.70. The summed E-state index contributed by atoms with van der Waals surface area (Å²) in [6, 6.07) is 14.3. The number of ether oxygens (including phenoxy) is 1. The molecule has 10 heteroatoms. The zero-order chi connectivity index (χ0) is 23.9. The molecule has 0 bridgehead atoms. The van der Waals surface area contributed by atoms with Gasteiger partial charge < -0.3 is 15.4 Å². The SMILES string of the molecule is COc1c(C(=O)N2CC(C(N)=O)(N(C)C)C2)nn(-c2ccccc2Cl)c1-c1ccc(Cl)cc1. The van der Waals surface area contributed by atoms with Gasteiger partial charge in [0, 0.05) is 10.6 Å². The van der Waals surface area contributed by atoms with Crippen molar-refractivity contribution in [2.45, 2.75) is 5.54 Å². The summed E-state index contributed by atoms with van der Waals surface area (Å²) in [6.45, 7) is 0.319. The zero-order valence-electron chi connectivity index (χ0n) is 18.4. The number of carbonyl (C=O) groups excluding carboxylic acids is 2. The van der Waals surface area contributed by atoms with E-state index in [0.717, 1.165) is 5.56 Å². The van der Waals surface area contributed by atoms with Crippen molar-refractivity contribution in [3.63, 3.8) is 0 Å². The summed E-state index contributed by atoms with van der Waals surface area (Å²) in [7, 11) is 5.00. The number of amides is 2. The number of likely N-dealkylation sites (N-methyl/N-ethyl adjacent to an activating group) is 1. The Labute approximate surface area is 201 Å². The Hall–Kier alpha value is -3.07. The number of aromatic nitrogens is 2. The van der Waals surface area contributed by atoms with Gasteiger partial charge in [-0.1, -0.05) is 47.5 Å². The van der Waals surface area contributed by atoms with E-state index in [9.17, 15) is 9.59 Å². The lowest BCUT2D eigenvalue weighted by Crippen LogP contribution is -2.75. The van der Waals surface area contributed by atoms with Crippen molar-refractivity contribution < 1.29 is 14.3 Å². The summed E-state index contributed by atoms with van der Waals surface area (Å²) < 4.78 is 7.27. The van der Waals surface area contributed by atoms with Crippen LogP contribution in [0.3, 0.4) is 0 Å². The molecule has 0 saturated carbocycles. The number of methoxy groups -OCH3 is 1. The van der Waals surface area contributed by atoms with Crippen LogP contribution in [0.4, 0.5) is 0 Å². The summed E-state index contributed by atoms with van der Waals surface area (Å²) in [5, 5.41) is 5.64. The maximum absolute atomic E-state index is 13.5. The highest BCUT2D eigenvalue weighted by Gasteiger charge is 2.52. The van der Waals surface area contributed by atoms with Crippen LogP contribution in [-0.4, -0.2) is 71.2 Å². The highest BCUT2D eigenvalue weighted by molar-refractivity contribution is 6.32. The molecule has 1 aliphatic heterocycles. The van der Waals surface area contributed by atoms with Crippen LogP contribution in [-0.2, 0) is 4.79 Å². The van der Waals surface area contributed by atoms with E-state index >= 15 is 0 Å². The third-order valence-corrected chi connectivity index (χ3v) is 6.53. The number of primary amides is 1. The van der Waals surface area contributed by atoms with E-state index in [1.54, 1.807) is 47.9 Å². The minimum absolute atomic E-state index is 0.110. The molecule has 2 amide bonds. The molecule has 2 heterocycles. The number of halogens is 2. The minimum atomic E-state index is -0.910. The van der Waals surface area contributed by atoms with Gasteiger partial charge in [0.25, 0.3) is 5.91 Å². The van der Waals surface area contributed by atoms with E-state index in [4.69, 9.17) is 33.7 Å². The van der Waals surface area contributed by atoms with Crippen molar-refractivity contribution in [2.24, 2.45) is 5.73 Å². The summed E-state index contributed by atoms with van der Waals surface area (Å²) in [6.07, 6.45) is 0. The lowest BCUT2D eigenvalue weighted by atomic mass is 9.87. The van der Waals surface area contributed by atoms with Crippen LogP contribution in [0.15, 0.2) is 48.5 Å². The first kappa shape index (κ1) is 23.1. The van der Waals surface area contributed by atoms with E-state index in [1.807, 2.05) is 24.3 Å². The first-order valence-electron chi connectivity index (χ1n) is 10.1. The largest absolute Gasteiger partial charge is 0.492 e. The Balaban J connectivity index is 1.83. The predicted octanol–water partition coefficient (Wildman–Crippen LogP) is 3.10. The molecule has 2 N–H and O–H groups in total. The van der Waals surface area contributed by atoms with Gasteiger partial charge in [0.2, 0.25) is 5.91 Å². The van der Waals surface area contributed by atoms with Gasteiger partial charge in [0.15, 0.2) is 11.4 Å². The predicted molar refractivity (Wildman–Crippen MR) is 127 cm³/mol. The van der Waals surface area contributed by atoms with Crippen LogP contribution in [0.1, 0.15) is 10.5 Å². The number of hydrogen-bond acceptors (Lipinski definition) is 5. The Morgan fingerprint density at radius 2 is 1.73 bits per heavy atom. The number of nitrogens with zero attached hydrogens (tertiary/aromatic N) is 4. The minimum Gasteiger partial charge on any atom is -0.492 e. The van der Waals surface area contributed by atoms with Crippen LogP contribution in [0.5, 0.6) is 5.75 Å². The Kier molecular flexibility index (Phi) is 6.09. The van der Waals surface area contributed by atoms with Crippen LogP contribution < -0.4 is 10.5 Å². The van der Waals surface area contributed by atoms with Crippen LogP contribution >= 0.6 is 23.2 Å². The molecule has 8 nitrogen and oxygen atoms in total. The summed E-state index contributed by atoms with van der Waals surface area (Å²) in [5.74, 6) is -0.553. The lowest BCUT2D eigenvalue weighted by Gasteiger charge is -2.51. The first-order valence-corrected chi connectivity index (χ1v) is 10.9. The molecule has 0 spiro atoms. The van der Waals surface area contributed by atoms with Gasteiger partial charge in [-0.2, -0.15) is 5.10 Å². The molecule has 0 unspecified atom stereocenters. The van der Waals surface area contributed by atoms with E-state index in [0.29, 0.717) is 27.2 Å². The molecule has 1 aromatic heterocycles. The molecule has 0 radical (unpaired) electrons. The van der Waals surface area contributed by atoms with Gasteiger partial charge in [-0.25, -0.2) is 4.68 Å². The van der Waals surface area contributed by atoms with Crippen LogP contribution in [0.25, 0.3) is 16.9 Å². The van der Waals surface area contributed by atoms with E-state index in [-0.39, 0.29) is 24.7 Å². The number of para-hydroxylation sites is 1. The van der Waals surface area contributed by atoms with Crippen LogP contribution in [0.2, 0.25) is 10.0 Å². The summed E-state index contributed by atoms with van der Waals surface area (Å²) in [5.41, 5.74) is 6.70. The van der Waals surface area contributed by atoms with Crippen molar-refractivity contribution in [1.82, 2.24) is 19.6 Å². The van der Waals surface area contributed by atoms with Gasteiger partial charge in [0.1, 0.15) is 11.2 Å². The number of likely N-dealkylation sites (tertiary alicyclic amines) is 1. The fourth-order valence-corrected chi connectivity index (χ4v) is 4.28. The number of carbonyl (C=O) groups is 2. The molecule has 4 rings (SSSR count). The first-order chi connectivity index (χ1) is 15.7. The number of hydrogen-bond donors (Lipinski definition) is 1. The Morgan fingerprint density at radius 1 is 1.09 bits per heavy atom. The second-order valence-corrected chi connectivity index (χ2v) is 8.90. The number of rotatable bonds is 6. The molecular weight excluding hydrogens is 465 g/mol. The maximum Gasteiger partial charge on any atom is 0.278 e. The van der Waals surface area contributed by atoms with Gasteiger partial charge in [-0.3, -0.25) is 14.5 Å². The quantitative estimate of drug-likeness (QED) is 0.576. The van der Waals surface area contributed by atoms with Crippen molar-refractivity contribution in [3.8, 4) is 22.7 Å². The fourth-order valence-electron chi connectivity index (χ4n) is 3.93. The Morgan fingerprint density at radius 3 is 2.27 bits per heavy atom. The molecule has 2 aromatic carbocycles. The smallest absolute Gasteiger partial charge is 0.278 e. The molecule has 1 aliphatic rings. The van der Waals surface area contributed by atoms with Gasteiger partial charge in [-0.15, -0.1) is 0 Å². The third-order valence-electron chi connectivity index (χ3n) is 5.95. The topological polar surface area (TPSA) is 93.7 Å². The van der Waals surface area contributed by atoms with E-state index in [1.165, 1.54) is 12.0 Å². The van der Waals surface area contributed by atoms with E-state index < -0.39 is 11.4 Å².